The maximum atomic E-state index is 12.5. The number of fused-ring (bicyclic) bond motifs is 3. The number of aliphatic hydroxyl groups is 1. The Balaban J connectivity index is 1.42. The average molecular weight is 457 g/mol. The summed E-state index contributed by atoms with van der Waals surface area (Å²) in [5.74, 6) is -0.464. The molecule has 1 atom stereocenters. The molecule has 172 valence electrons. The number of amides is 1. The van der Waals surface area contributed by atoms with Crippen LogP contribution in [0.3, 0.4) is 0 Å². The van der Waals surface area contributed by atoms with Gasteiger partial charge in [0.1, 0.15) is 12.4 Å². The highest BCUT2D eigenvalue weighted by molar-refractivity contribution is 5.79. The van der Waals surface area contributed by atoms with E-state index in [1.807, 2.05) is 48.5 Å². The first kappa shape index (κ1) is 22.7. The van der Waals surface area contributed by atoms with Gasteiger partial charge in [0.05, 0.1) is 6.04 Å². The summed E-state index contributed by atoms with van der Waals surface area (Å²) < 4.78 is 46.5. The zero-order valence-corrected chi connectivity index (χ0v) is 17.5. The highest BCUT2D eigenvalue weighted by Crippen LogP contribution is 2.44. The molecule has 1 unspecified atom stereocenters. The van der Waals surface area contributed by atoms with E-state index < -0.39 is 18.5 Å². The number of benzene rings is 3. The molecule has 8 heteroatoms. The second-order valence-corrected chi connectivity index (χ2v) is 7.65. The van der Waals surface area contributed by atoms with Crippen LogP contribution in [0.5, 0.6) is 5.75 Å². The van der Waals surface area contributed by atoms with Gasteiger partial charge in [0.15, 0.2) is 0 Å². The number of ether oxygens (including phenoxy) is 2. The van der Waals surface area contributed by atoms with Gasteiger partial charge >= 0.3 is 12.5 Å². The summed E-state index contributed by atoms with van der Waals surface area (Å²) in [5.41, 5.74) is 4.91. The van der Waals surface area contributed by atoms with Crippen LogP contribution in [0.15, 0.2) is 72.8 Å². The van der Waals surface area contributed by atoms with E-state index in [2.05, 4.69) is 10.1 Å². The predicted molar refractivity (Wildman–Crippen MR) is 116 cm³/mol. The number of hydrogen-bond acceptors (Lipinski definition) is 4. The molecule has 33 heavy (non-hydrogen) atoms. The summed E-state index contributed by atoms with van der Waals surface area (Å²) in [5, 5.41) is 12.1. The van der Waals surface area contributed by atoms with Crippen molar-refractivity contribution >= 4 is 6.09 Å². The van der Waals surface area contributed by atoms with Gasteiger partial charge in [0.25, 0.3) is 0 Å². The van der Waals surface area contributed by atoms with E-state index in [-0.39, 0.29) is 31.3 Å². The van der Waals surface area contributed by atoms with E-state index in [1.54, 1.807) is 0 Å². The van der Waals surface area contributed by atoms with Crippen molar-refractivity contribution in [2.45, 2.75) is 24.7 Å². The zero-order chi connectivity index (χ0) is 23.4. The molecule has 4 rings (SSSR count). The second kappa shape index (κ2) is 9.54. The van der Waals surface area contributed by atoms with E-state index in [1.165, 1.54) is 12.1 Å². The molecule has 0 radical (unpaired) electrons. The van der Waals surface area contributed by atoms with E-state index in [0.29, 0.717) is 5.56 Å². The zero-order valence-electron chi connectivity index (χ0n) is 17.5. The molecular formula is C25H22F3NO4. The molecule has 0 heterocycles. The molecule has 0 spiro atoms. The number of hydrogen-bond donors (Lipinski definition) is 2. The lowest BCUT2D eigenvalue weighted by Crippen LogP contribution is -2.31. The fourth-order valence-electron chi connectivity index (χ4n) is 4.14. The Morgan fingerprint density at radius 1 is 0.939 bits per heavy atom. The molecule has 3 aromatic carbocycles. The number of carbonyl (C=O) groups excluding carboxylic acids is 1. The van der Waals surface area contributed by atoms with Crippen molar-refractivity contribution in [2.24, 2.45) is 0 Å². The Morgan fingerprint density at radius 2 is 1.52 bits per heavy atom. The average Bonchev–Trinajstić information content (AvgIpc) is 3.11. The van der Waals surface area contributed by atoms with Crippen LogP contribution in [0.1, 0.15) is 35.1 Å². The third-order valence-corrected chi connectivity index (χ3v) is 5.57. The van der Waals surface area contributed by atoms with Crippen LogP contribution >= 0.6 is 0 Å². The lowest BCUT2D eigenvalue weighted by Gasteiger charge is -2.20. The topological polar surface area (TPSA) is 67.8 Å². The molecule has 0 saturated carbocycles. The van der Waals surface area contributed by atoms with Crippen LogP contribution in [0.2, 0.25) is 0 Å². The van der Waals surface area contributed by atoms with Crippen LogP contribution in [0, 0.1) is 0 Å². The minimum Gasteiger partial charge on any atom is -0.449 e. The number of carbonyl (C=O) groups is 1. The molecule has 2 N–H and O–H groups in total. The second-order valence-electron chi connectivity index (χ2n) is 7.65. The van der Waals surface area contributed by atoms with Gasteiger partial charge in [-0.1, -0.05) is 60.7 Å². The van der Waals surface area contributed by atoms with Crippen molar-refractivity contribution in [2.75, 3.05) is 13.2 Å². The highest BCUT2D eigenvalue weighted by atomic mass is 19.4. The van der Waals surface area contributed by atoms with Crippen molar-refractivity contribution in [3.8, 4) is 16.9 Å². The maximum absolute atomic E-state index is 12.5. The van der Waals surface area contributed by atoms with Crippen LogP contribution < -0.4 is 10.1 Å². The summed E-state index contributed by atoms with van der Waals surface area (Å²) >= 11 is 0. The number of nitrogens with one attached hydrogen (secondary N) is 1. The van der Waals surface area contributed by atoms with Gasteiger partial charge < -0.3 is 19.9 Å². The molecule has 1 aliphatic rings. The first-order valence-corrected chi connectivity index (χ1v) is 10.4. The molecule has 5 nitrogen and oxygen atoms in total. The minimum absolute atomic E-state index is 0.0988. The van der Waals surface area contributed by atoms with Crippen LogP contribution in [-0.4, -0.2) is 30.8 Å². The quantitative estimate of drug-likeness (QED) is 0.488. The summed E-state index contributed by atoms with van der Waals surface area (Å²) in [6, 6.07) is 20.4. The SMILES string of the molecule is O=C(NC(CCO)c1ccc(OC(F)(F)F)cc1)OCC1c2ccccc2-c2ccccc21. The Kier molecular flexibility index (Phi) is 6.55. The largest absolute Gasteiger partial charge is 0.573 e. The normalized spacial score (nSPS) is 13.7. The number of alkyl halides is 3. The highest BCUT2D eigenvalue weighted by Gasteiger charge is 2.31. The minimum atomic E-state index is -4.79. The number of rotatable bonds is 7. The first-order valence-electron chi connectivity index (χ1n) is 10.4. The molecule has 1 amide bonds. The molecular weight excluding hydrogens is 435 g/mol. The lowest BCUT2D eigenvalue weighted by atomic mass is 9.98. The third-order valence-electron chi connectivity index (χ3n) is 5.57. The van der Waals surface area contributed by atoms with Gasteiger partial charge in [0.2, 0.25) is 0 Å². The van der Waals surface area contributed by atoms with Gasteiger partial charge in [0, 0.05) is 12.5 Å². The van der Waals surface area contributed by atoms with Crippen molar-refractivity contribution in [1.29, 1.82) is 0 Å². The Bertz CT molecular complexity index is 1070. The van der Waals surface area contributed by atoms with Crippen molar-refractivity contribution in [3.63, 3.8) is 0 Å². The van der Waals surface area contributed by atoms with Crippen molar-refractivity contribution < 1.29 is 32.5 Å². The molecule has 0 fully saturated rings. The van der Waals surface area contributed by atoms with Crippen molar-refractivity contribution in [1.82, 2.24) is 5.32 Å². The molecule has 0 aliphatic heterocycles. The predicted octanol–water partition coefficient (Wildman–Crippen LogP) is 5.55. The van der Waals surface area contributed by atoms with Crippen LogP contribution in [0.25, 0.3) is 11.1 Å². The van der Waals surface area contributed by atoms with Gasteiger partial charge in [-0.05, 0) is 46.4 Å². The molecule has 1 aliphatic carbocycles. The van der Waals surface area contributed by atoms with E-state index >= 15 is 0 Å². The Labute approximate surface area is 188 Å². The molecule has 0 aromatic heterocycles. The van der Waals surface area contributed by atoms with Gasteiger partial charge in [-0.3, -0.25) is 0 Å². The van der Waals surface area contributed by atoms with Gasteiger partial charge in [-0.2, -0.15) is 0 Å². The summed E-state index contributed by atoms with van der Waals surface area (Å²) in [7, 11) is 0. The van der Waals surface area contributed by atoms with Crippen LogP contribution in [-0.2, 0) is 4.74 Å². The van der Waals surface area contributed by atoms with E-state index in [0.717, 1.165) is 34.4 Å². The summed E-state index contributed by atoms with van der Waals surface area (Å²) in [6.45, 7) is -0.0980. The fraction of sp³-hybridized carbons (Fsp3) is 0.240. The van der Waals surface area contributed by atoms with E-state index in [9.17, 15) is 23.1 Å². The smallest absolute Gasteiger partial charge is 0.449 e. The van der Waals surface area contributed by atoms with Gasteiger partial charge in [-0.25, -0.2) is 4.79 Å². The van der Waals surface area contributed by atoms with Crippen LogP contribution in [0.4, 0.5) is 18.0 Å². The molecule has 3 aromatic rings. The number of aliphatic hydroxyl groups excluding tert-OH is 1. The Hall–Kier alpha value is -3.52. The summed E-state index contributed by atoms with van der Waals surface area (Å²) in [6.07, 6.45) is -5.29. The van der Waals surface area contributed by atoms with Gasteiger partial charge in [-0.15, -0.1) is 13.2 Å². The third kappa shape index (κ3) is 5.28. The van der Waals surface area contributed by atoms with E-state index in [4.69, 9.17) is 4.74 Å². The maximum Gasteiger partial charge on any atom is 0.573 e. The fourth-order valence-corrected chi connectivity index (χ4v) is 4.14. The number of halogens is 3. The van der Waals surface area contributed by atoms with Crippen molar-refractivity contribution in [3.05, 3.63) is 89.5 Å². The standard InChI is InChI=1S/C25H22F3NO4/c26-25(27,28)33-17-11-9-16(10-12-17)23(13-14-30)29-24(31)32-15-22-20-7-3-1-5-18(20)19-6-2-4-8-21(19)22/h1-12,22-23,30H,13-15H2,(H,29,31). The summed E-state index contributed by atoms with van der Waals surface area (Å²) in [4.78, 5) is 12.5. The molecule has 0 bridgehead atoms. The Morgan fingerprint density at radius 3 is 2.06 bits per heavy atom. The lowest BCUT2D eigenvalue weighted by molar-refractivity contribution is -0.274. The monoisotopic (exact) mass is 457 g/mol. The molecule has 0 saturated heterocycles. The number of alkyl carbamates (subject to hydrolysis) is 1. The first-order chi connectivity index (χ1) is 15.9.